The lowest BCUT2D eigenvalue weighted by Gasteiger charge is -2.21. The Hall–Kier alpha value is -2.11. The summed E-state index contributed by atoms with van der Waals surface area (Å²) in [6.07, 6.45) is -0.681. The number of nitrogens with one attached hydrogen (secondary N) is 2. The molecule has 110 valence electrons. The number of anilines is 1. The number of hydrogen-bond donors (Lipinski definition) is 2. The number of amides is 2. The first-order chi connectivity index (χ1) is 9.17. The minimum Gasteiger partial charge on any atom is -0.444 e. The topological polar surface area (TPSA) is 67.4 Å². The molecule has 0 unspecified atom stereocenters. The van der Waals surface area contributed by atoms with E-state index in [4.69, 9.17) is 4.74 Å². The van der Waals surface area contributed by atoms with Gasteiger partial charge in [-0.3, -0.25) is 4.79 Å². The molecule has 1 aromatic rings. The molecule has 0 saturated heterocycles. The van der Waals surface area contributed by atoms with Gasteiger partial charge in [-0.25, -0.2) is 9.18 Å². The summed E-state index contributed by atoms with van der Waals surface area (Å²) in [5.41, 5.74) is -0.309. The summed E-state index contributed by atoms with van der Waals surface area (Å²) in [7, 11) is 0. The van der Waals surface area contributed by atoms with E-state index in [1.165, 1.54) is 25.1 Å². The Kier molecular flexibility index (Phi) is 5.07. The minimum absolute atomic E-state index is 0.327. The normalized spacial score (nSPS) is 12.4. The molecule has 0 fully saturated rings. The van der Waals surface area contributed by atoms with E-state index >= 15 is 0 Å². The molecule has 2 amide bonds. The first-order valence-electron chi connectivity index (χ1n) is 6.23. The SMILES string of the molecule is C[C@@H](NC(=O)OC(C)(C)C)C(=O)Nc1cccc(F)c1. The quantitative estimate of drug-likeness (QED) is 0.895. The number of hydrogen-bond acceptors (Lipinski definition) is 3. The van der Waals surface area contributed by atoms with Crippen molar-refractivity contribution in [1.29, 1.82) is 0 Å². The summed E-state index contributed by atoms with van der Waals surface area (Å²) >= 11 is 0. The minimum atomic E-state index is -0.798. The molecule has 0 aliphatic carbocycles. The third-order valence-electron chi connectivity index (χ3n) is 2.22. The average Bonchev–Trinajstić information content (AvgIpc) is 2.25. The zero-order valence-electron chi connectivity index (χ0n) is 12.0. The Bertz CT molecular complexity index is 497. The number of halogens is 1. The van der Waals surface area contributed by atoms with Gasteiger partial charge in [-0.15, -0.1) is 0 Å². The van der Waals surface area contributed by atoms with Gasteiger partial charge < -0.3 is 15.4 Å². The van der Waals surface area contributed by atoms with Crippen LogP contribution in [-0.4, -0.2) is 23.6 Å². The summed E-state index contributed by atoms with van der Waals surface area (Å²) < 4.78 is 18.0. The van der Waals surface area contributed by atoms with Crippen molar-refractivity contribution in [2.75, 3.05) is 5.32 Å². The van der Waals surface area contributed by atoms with Crippen molar-refractivity contribution in [3.63, 3.8) is 0 Å². The molecule has 0 bridgehead atoms. The fourth-order valence-electron chi connectivity index (χ4n) is 1.37. The van der Waals surface area contributed by atoms with Crippen LogP contribution in [0.5, 0.6) is 0 Å². The largest absolute Gasteiger partial charge is 0.444 e. The van der Waals surface area contributed by atoms with Crippen molar-refractivity contribution < 1.29 is 18.7 Å². The number of carbonyl (C=O) groups excluding carboxylic acids is 2. The lowest BCUT2D eigenvalue weighted by Crippen LogP contribution is -2.43. The van der Waals surface area contributed by atoms with Crippen LogP contribution < -0.4 is 10.6 Å². The highest BCUT2D eigenvalue weighted by Crippen LogP contribution is 2.10. The van der Waals surface area contributed by atoms with Crippen LogP contribution in [0.3, 0.4) is 0 Å². The molecule has 1 atom stereocenters. The number of rotatable bonds is 3. The Morgan fingerprint density at radius 2 is 1.95 bits per heavy atom. The fourth-order valence-corrected chi connectivity index (χ4v) is 1.37. The van der Waals surface area contributed by atoms with E-state index in [1.807, 2.05) is 0 Å². The van der Waals surface area contributed by atoms with Gasteiger partial charge in [0.05, 0.1) is 0 Å². The van der Waals surface area contributed by atoms with Crippen molar-refractivity contribution in [3.8, 4) is 0 Å². The van der Waals surface area contributed by atoms with Gasteiger partial charge in [-0.2, -0.15) is 0 Å². The molecule has 2 N–H and O–H groups in total. The van der Waals surface area contributed by atoms with Crippen LogP contribution in [0.2, 0.25) is 0 Å². The second-order valence-corrected chi connectivity index (χ2v) is 5.37. The van der Waals surface area contributed by atoms with E-state index in [1.54, 1.807) is 26.8 Å². The van der Waals surface area contributed by atoms with Gasteiger partial charge in [-0.1, -0.05) is 6.07 Å². The molecule has 0 radical (unpaired) electrons. The Morgan fingerprint density at radius 1 is 1.30 bits per heavy atom. The molecular weight excluding hydrogens is 263 g/mol. The highest BCUT2D eigenvalue weighted by atomic mass is 19.1. The van der Waals surface area contributed by atoms with Crippen LogP contribution in [0.25, 0.3) is 0 Å². The maximum absolute atomic E-state index is 13.0. The lowest BCUT2D eigenvalue weighted by atomic mass is 10.2. The maximum Gasteiger partial charge on any atom is 0.408 e. The third-order valence-corrected chi connectivity index (χ3v) is 2.22. The van der Waals surface area contributed by atoms with E-state index in [0.29, 0.717) is 5.69 Å². The molecule has 0 saturated carbocycles. The zero-order valence-corrected chi connectivity index (χ0v) is 12.0. The summed E-state index contributed by atoms with van der Waals surface area (Å²) in [6.45, 7) is 6.69. The molecule has 0 heterocycles. The Balaban J connectivity index is 2.53. The van der Waals surface area contributed by atoms with Gasteiger partial charge in [-0.05, 0) is 45.9 Å². The number of alkyl carbamates (subject to hydrolysis) is 1. The molecule has 0 aliphatic rings. The van der Waals surface area contributed by atoms with Crippen LogP contribution >= 0.6 is 0 Å². The van der Waals surface area contributed by atoms with E-state index in [-0.39, 0.29) is 0 Å². The Labute approximate surface area is 117 Å². The van der Waals surface area contributed by atoms with Gasteiger partial charge in [0, 0.05) is 5.69 Å². The standard InChI is InChI=1S/C14H19FN2O3/c1-9(16-13(19)20-14(2,3)4)12(18)17-11-7-5-6-10(15)8-11/h5-9H,1-4H3,(H,16,19)(H,17,18)/t9-/m1/s1. The van der Waals surface area contributed by atoms with Crippen LogP contribution in [0, 0.1) is 5.82 Å². The summed E-state index contributed by atoms with van der Waals surface area (Å²) in [6, 6.07) is 4.71. The van der Waals surface area contributed by atoms with E-state index < -0.39 is 29.5 Å². The second-order valence-electron chi connectivity index (χ2n) is 5.37. The average molecular weight is 282 g/mol. The summed E-state index contributed by atoms with van der Waals surface area (Å²) in [4.78, 5) is 23.3. The van der Waals surface area contributed by atoms with E-state index in [9.17, 15) is 14.0 Å². The van der Waals surface area contributed by atoms with Crippen molar-refractivity contribution in [1.82, 2.24) is 5.32 Å². The van der Waals surface area contributed by atoms with Gasteiger partial charge in [0.25, 0.3) is 0 Å². The molecule has 20 heavy (non-hydrogen) atoms. The molecular formula is C14H19FN2O3. The monoisotopic (exact) mass is 282 g/mol. The first-order valence-corrected chi connectivity index (χ1v) is 6.23. The third kappa shape index (κ3) is 5.69. The predicted octanol–water partition coefficient (Wildman–Crippen LogP) is 2.68. The predicted molar refractivity (Wildman–Crippen MR) is 73.9 cm³/mol. The van der Waals surface area contributed by atoms with Crippen LogP contribution in [0.1, 0.15) is 27.7 Å². The van der Waals surface area contributed by atoms with E-state index in [0.717, 1.165) is 0 Å². The molecule has 1 aromatic carbocycles. The van der Waals surface area contributed by atoms with Gasteiger partial charge >= 0.3 is 6.09 Å². The van der Waals surface area contributed by atoms with Crippen LogP contribution in [0.15, 0.2) is 24.3 Å². The molecule has 0 aromatic heterocycles. The van der Waals surface area contributed by atoms with Gasteiger partial charge in [0.1, 0.15) is 17.5 Å². The lowest BCUT2D eigenvalue weighted by molar-refractivity contribution is -0.117. The van der Waals surface area contributed by atoms with Gasteiger partial charge in [0.15, 0.2) is 0 Å². The molecule has 0 spiro atoms. The first kappa shape index (κ1) is 15.9. The fraction of sp³-hybridized carbons (Fsp3) is 0.429. The smallest absolute Gasteiger partial charge is 0.408 e. The van der Waals surface area contributed by atoms with Crippen molar-refractivity contribution in [2.24, 2.45) is 0 Å². The highest BCUT2D eigenvalue weighted by Gasteiger charge is 2.21. The van der Waals surface area contributed by atoms with E-state index in [2.05, 4.69) is 10.6 Å². The van der Waals surface area contributed by atoms with Crippen LogP contribution in [-0.2, 0) is 9.53 Å². The van der Waals surface area contributed by atoms with Crippen molar-refractivity contribution in [3.05, 3.63) is 30.1 Å². The highest BCUT2D eigenvalue weighted by molar-refractivity contribution is 5.96. The summed E-state index contributed by atoms with van der Waals surface area (Å²) in [5.74, 6) is -0.906. The summed E-state index contributed by atoms with van der Waals surface area (Å²) in [5, 5.41) is 4.91. The van der Waals surface area contributed by atoms with Crippen molar-refractivity contribution >= 4 is 17.7 Å². The van der Waals surface area contributed by atoms with Gasteiger partial charge in [0.2, 0.25) is 5.91 Å². The zero-order chi connectivity index (χ0) is 15.3. The van der Waals surface area contributed by atoms with Crippen molar-refractivity contribution in [2.45, 2.75) is 39.3 Å². The number of carbonyl (C=O) groups is 2. The van der Waals surface area contributed by atoms with Crippen LogP contribution in [0.4, 0.5) is 14.9 Å². The molecule has 0 aliphatic heterocycles. The second kappa shape index (κ2) is 6.36. The Morgan fingerprint density at radius 3 is 2.50 bits per heavy atom. The maximum atomic E-state index is 13.0. The number of benzene rings is 1. The number of ether oxygens (including phenoxy) is 1. The molecule has 1 rings (SSSR count). The molecule has 6 heteroatoms. The molecule has 5 nitrogen and oxygen atoms in total.